The van der Waals surface area contributed by atoms with Crippen LogP contribution in [0.4, 0.5) is 0 Å². The number of hydrogen-bond donors (Lipinski definition) is 0. The second-order valence-corrected chi connectivity index (χ2v) is 2.94. The molecule has 0 spiro atoms. The van der Waals surface area contributed by atoms with Gasteiger partial charge in [-0.25, -0.2) is 9.59 Å². The molecule has 80 valence electrons. The van der Waals surface area contributed by atoms with Crippen LogP contribution in [-0.4, -0.2) is 11.9 Å². The molecule has 0 amide bonds. The molecule has 0 aliphatic carbocycles. The smallest absolute Gasteiger partial charge is 0.334 e. The van der Waals surface area contributed by atoms with E-state index in [0.717, 1.165) is 0 Å². The third-order valence-corrected chi connectivity index (χ3v) is 2.04. The lowest BCUT2D eigenvalue weighted by atomic mass is 9.92. The molecule has 0 N–H and O–H groups in total. The van der Waals surface area contributed by atoms with Crippen molar-refractivity contribution in [3.8, 4) is 25.1 Å². The summed E-state index contributed by atoms with van der Waals surface area (Å²) in [7, 11) is 0. The Hall–Kier alpha value is -1.94. The van der Waals surface area contributed by atoms with E-state index in [9.17, 15) is 9.59 Å². The van der Waals surface area contributed by atoms with Crippen molar-refractivity contribution in [2.75, 3.05) is 0 Å². The molecule has 0 saturated carbocycles. The quantitative estimate of drug-likeness (QED) is 0.391. The SMILES string of the molecule is C#COC(=O)C(C(=O)OC#C)C(C)CC. The summed E-state index contributed by atoms with van der Waals surface area (Å²) in [5.41, 5.74) is 0. The third kappa shape index (κ3) is 3.74. The van der Waals surface area contributed by atoms with Gasteiger partial charge in [-0.15, -0.1) is 0 Å². The number of ether oxygens (including phenoxy) is 2. The van der Waals surface area contributed by atoms with Crippen LogP contribution in [0.1, 0.15) is 20.3 Å². The van der Waals surface area contributed by atoms with Gasteiger partial charge in [-0.2, -0.15) is 0 Å². The molecule has 0 fully saturated rings. The van der Waals surface area contributed by atoms with Crippen molar-refractivity contribution in [2.24, 2.45) is 11.8 Å². The molecule has 4 nitrogen and oxygen atoms in total. The summed E-state index contributed by atoms with van der Waals surface area (Å²) >= 11 is 0. The molecule has 1 atom stereocenters. The Morgan fingerprint density at radius 1 is 1.20 bits per heavy atom. The van der Waals surface area contributed by atoms with Gasteiger partial charge in [0, 0.05) is 0 Å². The van der Waals surface area contributed by atoms with Crippen LogP contribution < -0.4 is 0 Å². The molecular weight excluding hydrogens is 196 g/mol. The van der Waals surface area contributed by atoms with E-state index in [0.29, 0.717) is 6.42 Å². The van der Waals surface area contributed by atoms with E-state index in [-0.39, 0.29) is 5.92 Å². The molecule has 0 rings (SSSR count). The minimum Gasteiger partial charge on any atom is -0.372 e. The molecule has 0 aliphatic heterocycles. The monoisotopic (exact) mass is 208 g/mol. The molecular formula is C11H12O4. The fourth-order valence-corrected chi connectivity index (χ4v) is 1.04. The second-order valence-electron chi connectivity index (χ2n) is 2.94. The summed E-state index contributed by atoms with van der Waals surface area (Å²) in [4.78, 5) is 22.7. The van der Waals surface area contributed by atoms with Gasteiger partial charge >= 0.3 is 11.9 Å². The van der Waals surface area contributed by atoms with E-state index in [1.54, 1.807) is 19.1 Å². The minimum absolute atomic E-state index is 0.244. The minimum atomic E-state index is -1.07. The molecule has 0 bridgehead atoms. The lowest BCUT2D eigenvalue weighted by molar-refractivity contribution is -0.156. The number of terminal acetylenes is 2. The predicted molar refractivity (Wildman–Crippen MR) is 52.8 cm³/mol. The van der Waals surface area contributed by atoms with Gasteiger partial charge in [-0.3, -0.25) is 0 Å². The summed E-state index contributed by atoms with van der Waals surface area (Å²) in [5, 5.41) is 0. The van der Waals surface area contributed by atoms with Gasteiger partial charge in [0.05, 0.1) is 0 Å². The van der Waals surface area contributed by atoms with Gasteiger partial charge in [-0.05, 0) is 5.92 Å². The van der Waals surface area contributed by atoms with E-state index in [4.69, 9.17) is 12.8 Å². The number of rotatable bonds is 4. The summed E-state index contributed by atoms with van der Waals surface area (Å²) < 4.78 is 8.63. The van der Waals surface area contributed by atoms with Gasteiger partial charge in [-0.1, -0.05) is 33.1 Å². The number of carbonyl (C=O) groups excluding carboxylic acids is 2. The maximum Gasteiger partial charge on any atom is 0.334 e. The van der Waals surface area contributed by atoms with E-state index >= 15 is 0 Å². The Balaban J connectivity index is 4.75. The van der Waals surface area contributed by atoms with Crippen LogP contribution in [0.25, 0.3) is 0 Å². The highest BCUT2D eigenvalue weighted by molar-refractivity contribution is 5.95. The van der Waals surface area contributed by atoms with Crippen LogP contribution >= 0.6 is 0 Å². The lowest BCUT2D eigenvalue weighted by Gasteiger charge is -2.16. The van der Waals surface area contributed by atoms with Crippen molar-refractivity contribution in [1.82, 2.24) is 0 Å². The van der Waals surface area contributed by atoms with Crippen LogP contribution in [0.2, 0.25) is 0 Å². The first-order valence-electron chi connectivity index (χ1n) is 4.41. The Labute approximate surface area is 88.9 Å². The highest BCUT2D eigenvalue weighted by atomic mass is 16.5. The van der Waals surface area contributed by atoms with Crippen molar-refractivity contribution in [3.05, 3.63) is 0 Å². The fourth-order valence-electron chi connectivity index (χ4n) is 1.04. The molecule has 0 radical (unpaired) electrons. The Kier molecular flexibility index (Phi) is 5.66. The molecule has 0 aromatic carbocycles. The molecule has 15 heavy (non-hydrogen) atoms. The van der Waals surface area contributed by atoms with Crippen molar-refractivity contribution >= 4 is 11.9 Å². The number of hydrogen-bond acceptors (Lipinski definition) is 4. The van der Waals surface area contributed by atoms with E-state index in [2.05, 4.69) is 9.47 Å². The molecule has 0 heterocycles. The third-order valence-electron chi connectivity index (χ3n) is 2.04. The topological polar surface area (TPSA) is 52.6 Å². The Morgan fingerprint density at radius 2 is 1.60 bits per heavy atom. The molecule has 0 aromatic rings. The zero-order valence-corrected chi connectivity index (χ0v) is 8.65. The van der Waals surface area contributed by atoms with E-state index in [1.807, 2.05) is 6.92 Å². The zero-order valence-electron chi connectivity index (χ0n) is 8.65. The first-order chi connectivity index (χ1) is 7.08. The van der Waals surface area contributed by atoms with Gasteiger partial charge < -0.3 is 9.47 Å². The average Bonchev–Trinajstić information content (AvgIpc) is 2.18. The van der Waals surface area contributed by atoms with Crippen LogP contribution in [0.5, 0.6) is 0 Å². The molecule has 0 aliphatic rings. The van der Waals surface area contributed by atoms with Crippen molar-refractivity contribution in [3.63, 3.8) is 0 Å². The van der Waals surface area contributed by atoms with Gasteiger partial charge in [0.1, 0.15) is 12.2 Å². The normalized spacial score (nSPS) is 11.0. The average molecular weight is 208 g/mol. The lowest BCUT2D eigenvalue weighted by Crippen LogP contribution is -2.31. The molecule has 1 unspecified atom stereocenters. The Morgan fingerprint density at radius 3 is 1.87 bits per heavy atom. The highest BCUT2D eigenvalue weighted by Gasteiger charge is 2.34. The predicted octanol–water partition coefficient (Wildman–Crippen LogP) is 0.916. The fraction of sp³-hybridized carbons (Fsp3) is 0.455. The van der Waals surface area contributed by atoms with Crippen LogP contribution in [-0.2, 0) is 19.1 Å². The second kappa shape index (κ2) is 6.50. The van der Waals surface area contributed by atoms with E-state index < -0.39 is 17.9 Å². The highest BCUT2D eigenvalue weighted by Crippen LogP contribution is 2.18. The van der Waals surface area contributed by atoms with E-state index in [1.165, 1.54) is 0 Å². The first kappa shape index (κ1) is 13.1. The zero-order chi connectivity index (χ0) is 11.8. The van der Waals surface area contributed by atoms with Gasteiger partial charge in [0.2, 0.25) is 0 Å². The van der Waals surface area contributed by atoms with Crippen molar-refractivity contribution in [1.29, 1.82) is 0 Å². The van der Waals surface area contributed by atoms with Crippen LogP contribution in [0.3, 0.4) is 0 Å². The van der Waals surface area contributed by atoms with Crippen molar-refractivity contribution in [2.45, 2.75) is 20.3 Å². The Bertz CT molecular complexity index is 290. The summed E-state index contributed by atoms with van der Waals surface area (Å²) in [6.45, 7) is 3.53. The van der Waals surface area contributed by atoms with Gasteiger partial charge in [0.25, 0.3) is 0 Å². The largest absolute Gasteiger partial charge is 0.372 e. The molecule has 0 aromatic heterocycles. The summed E-state index contributed by atoms with van der Waals surface area (Å²) in [6.07, 6.45) is 13.6. The maximum absolute atomic E-state index is 11.3. The van der Waals surface area contributed by atoms with Gasteiger partial charge in [0.15, 0.2) is 5.92 Å². The first-order valence-corrected chi connectivity index (χ1v) is 4.41. The van der Waals surface area contributed by atoms with Crippen LogP contribution in [0.15, 0.2) is 0 Å². The summed E-state index contributed by atoms with van der Waals surface area (Å²) in [6, 6.07) is 0. The number of esters is 2. The molecule has 0 saturated heterocycles. The molecule has 4 heteroatoms. The number of carbonyl (C=O) groups is 2. The summed E-state index contributed by atoms with van der Waals surface area (Å²) in [5.74, 6) is -2.94. The van der Waals surface area contributed by atoms with Crippen LogP contribution in [0, 0.1) is 36.9 Å². The standard InChI is InChI=1S/C11H12O4/c1-5-8(4)9(10(12)14-6-2)11(13)15-7-3/h2-3,8-9H,5H2,1,4H3. The van der Waals surface area contributed by atoms with Crippen molar-refractivity contribution < 1.29 is 19.1 Å². The maximum atomic E-state index is 11.3.